The van der Waals surface area contributed by atoms with Gasteiger partial charge in [0.15, 0.2) is 0 Å². The Labute approximate surface area is 191 Å². The summed E-state index contributed by atoms with van der Waals surface area (Å²) in [6, 6.07) is 3.67. The number of phenolic OH excluding ortho intramolecular Hbond substituents is 1. The molecule has 33 heavy (non-hydrogen) atoms. The van der Waals surface area contributed by atoms with Crippen molar-refractivity contribution < 1.29 is 37.3 Å². The second-order valence-electron chi connectivity index (χ2n) is 6.90. The first-order valence-corrected chi connectivity index (χ1v) is 11.5. The van der Waals surface area contributed by atoms with Gasteiger partial charge in [-0.15, -0.1) is 11.3 Å². The van der Waals surface area contributed by atoms with Crippen LogP contribution in [0.1, 0.15) is 22.5 Å². The van der Waals surface area contributed by atoms with Gasteiger partial charge in [-0.25, -0.2) is 9.10 Å². The van der Waals surface area contributed by atoms with Crippen molar-refractivity contribution in [2.75, 3.05) is 6.54 Å². The summed E-state index contributed by atoms with van der Waals surface area (Å²) >= 11 is 1.17. The van der Waals surface area contributed by atoms with Crippen molar-refractivity contribution in [2.45, 2.75) is 18.1 Å². The van der Waals surface area contributed by atoms with Crippen LogP contribution < -0.4 is 21.7 Å². The average molecular weight is 498 g/mol. The van der Waals surface area contributed by atoms with Gasteiger partial charge in [-0.3, -0.25) is 18.9 Å². The van der Waals surface area contributed by atoms with Gasteiger partial charge in [0.05, 0.1) is 6.54 Å². The van der Waals surface area contributed by atoms with Crippen molar-refractivity contribution >= 4 is 45.4 Å². The Morgan fingerprint density at radius 2 is 1.76 bits per heavy atom. The van der Waals surface area contributed by atoms with Crippen molar-refractivity contribution in [1.82, 2.24) is 20.3 Å². The molecule has 0 saturated carbocycles. The van der Waals surface area contributed by atoms with Crippen LogP contribution in [-0.2, 0) is 24.7 Å². The quantitative estimate of drug-likeness (QED) is 0.199. The number of nitrogens with zero attached hydrogens (tertiary/aromatic N) is 1. The van der Waals surface area contributed by atoms with Gasteiger partial charge in [0.2, 0.25) is 11.8 Å². The summed E-state index contributed by atoms with van der Waals surface area (Å²) in [7, 11) is -4.74. The second kappa shape index (κ2) is 9.43. The topological polar surface area (TPSA) is 208 Å². The Kier molecular flexibility index (Phi) is 6.85. The summed E-state index contributed by atoms with van der Waals surface area (Å²) in [5.41, 5.74) is 5.39. The summed E-state index contributed by atoms with van der Waals surface area (Å²) in [6.45, 7) is -0.485. The van der Waals surface area contributed by atoms with E-state index in [0.717, 1.165) is 0 Å². The molecular formula is C18H19N5O8S2. The molecule has 3 atom stereocenters. The lowest BCUT2D eigenvalue weighted by molar-refractivity contribution is -0.141. The van der Waals surface area contributed by atoms with E-state index in [1.54, 1.807) is 17.5 Å². The molecule has 15 heteroatoms. The van der Waals surface area contributed by atoms with E-state index in [2.05, 4.69) is 16.0 Å². The SMILES string of the molecule is NC(=O)NC(C(=O)NC(C(=O)NC1CN(S(=O)(=O)O)C1=O)c1ccc(O)cc1)c1cccs1. The maximum atomic E-state index is 13.0. The molecule has 0 spiro atoms. The van der Waals surface area contributed by atoms with Gasteiger partial charge < -0.3 is 26.8 Å². The van der Waals surface area contributed by atoms with E-state index in [0.29, 0.717) is 4.88 Å². The Bertz CT molecular complexity index is 1170. The Morgan fingerprint density at radius 3 is 2.27 bits per heavy atom. The molecule has 1 aliphatic rings. The third kappa shape index (κ3) is 5.57. The van der Waals surface area contributed by atoms with Crippen LogP contribution in [0.5, 0.6) is 5.75 Å². The largest absolute Gasteiger partial charge is 0.508 e. The van der Waals surface area contributed by atoms with Crippen LogP contribution >= 0.6 is 11.3 Å². The monoisotopic (exact) mass is 497 g/mol. The van der Waals surface area contributed by atoms with Crippen LogP contribution in [0.15, 0.2) is 41.8 Å². The van der Waals surface area contributed by atoms with E-state index in [-0.39, 0.29) is 15.6 Å². The lowest BCUT2D eigenvalue weighted by Gasteiger charge is -2.36. The number of hydrogen-bond acceptors (Lipinski definition) is 8. The minimum absolute atomic E-state index is 0.103. The molecule has 1 aromatic heterocycles. The van der Waals surface area contributed by atoms with Crippen molar-refractivity contribution in [1.29, 1.82) is 0 Å². The van der Waals surface area contributed by atoms with Gasteiger partial charge in [-0.1, -0.05) is 18.2 Å². The van der Waals surface area contributed by atoms with Crippen molar-refractivity contribution in [2.24, 2.45) is 5.73 Å². The van der Waals surface area contributed by atoms with Crippen LogP contribution in [0.25, 0.3) is 0 Å². The number of carbonyl (C=O) groups is 4. The first kappa shape index (κ1) is 24.0. The van der Waals surface area contributed by atoms with Crippen LogP contribution in [0.3, 0.4) is 0 Å². The summed E-state index contributed by atoms with van der Waals surface area (Å²) in [6.07, 6.45) is 0. The van der Waals surface area contributed by atoms with E-state index in [4.69, 9.17) is 10.3 Å². The third-order valence-corrected chi connectivity index (χ3v) is 6.46. The average Bonchev–Trinajstić information content (AvgIpc) is 3.26. The van der Waals surface area contributed by atoms with E-state index < -0.39 is 58.7 Å². The molecule has 0 radical (unpaired) electrons. The molecule has 7 N–H and O–H groups in total. The van der Waals surface area contributed by atoms with Gasteiger partial charge in [0.25, 0.3) is 5.91 Å². The number of primary amides is 1. The molecule has 0 bridgehead atoms. The highest BCUT2D eigenvalue weighted by Gasteiger charge is 2.45. The predicted molar refractivity (Wildman–Crippen MR) is 114 cm³/mol. The zero-order valence-corrected chi connectivity index (χ0v) is 18.3. The Balaban J connectivity index is 1.82. The molecule has 1 aromatic carbocycles. The van der Waals surface area contributed by atoms with Crippen LogP contribution in [0.4, 0.5) is 4.79 Å². The number of rotatable bonds is 8. The number of hydrogen-bond donors (Lipinski definition) is 6. The van der Waals surface area contributed by atoms with E-state index >= 15 is 0 Å². The normalized spacial score (nSPS) is 17.4. The molecule has 1 fully saturated rings. The summed E-state index contributed by atoms with van der Waals surface area (Å²) < 4.78 is 31.3. The fourth-order valence-corrected chi connectivity index (χ4v) is 4.49. The van der Waals surface area contributed by atoms with Gasteiger partial charge in [-0.2, -0.15) is 8.42 Å². The van der Waals surface area contributed by atoms with Gasteiger partial charge in [0.1, 0.15) is 23.9 Å². The van der Waals surface area contributed by atoms with Crippen molar-refractivity contribution in [3.8, 4) is 5.75 Å². The molecule has 3 unspecified atom stereocenters. The van der Waals surface area contributed by atoms with Crippen LogP contribution in [0, 0.1) is 0 Å². The van der Waals surface area contributed by atoms with E-state index in [9.17, 15) is 32.7 Å². The maximum absolute atomic E-state index is 13.0. The molecular weight excluding hydrogens is 478 g/mol. The number of carbonyl (C=O) groups excluding carboxylic acids is 4. The van der Waals surface area contributed by atoms with Crippen molar-refractivity contribution in [3.05, 3.63) is 52.2 Å². The molecule has 1 aliphatic heterocycles. The number of thiophene rings is 1. The summed E-state index contributed by atoms with van der Waals surface area (Å²) in [5, 5.41) is 18.3. The molecule has 5 amide bonds. The summed E-state index contributed by atoms with van der Waals surface area (Å²) in [4.78, 5) is 49.7. The fourth-order valence-electron chi connectivity index (χ4n) is 3.02. The van der Waals surface area contributed by atoms with Gasteiger partial charge >= 0.3 is 16.3 Å². The number of nitrogens with two attached hydrogens (primary N) is 1. The zero-order valence-electron chi connectivity index (χ0n) is 16.7. The Hall–Kier alpha value is -3.69. The highest BCUT2D eigenvalue weighted by molar-refractivity contribution is 7.84. The lowest BCUT2D eigenvalue weighted by atomic mass is 10.0. The van der Waals surface area contributed by atoms with Gasteiger partial charge in [0, 0.05) is 4.88 Å². The number of phenols is 1. The number of amides is 5. The number of aromatic hydroxyl groups is 1. The number of benzene rings is 1. The molecule has 13 nitrogen and oxygen atoms in total. The van der Waals surface area contributed by atoms with Crippen LogP contribution in [-0.4, -0.2) is 58.7 Å². The fraction of sp³-hybridized carbons (Fsp3) is 0.222. The van der Waals surface area contributed by atoms with Crippen molar-refractivity contribution in [3.63, 3.8) is 0 Å². The van der Waals surface area contributed by atoms with Gasteiger partial charge in [-0.05, 0) is 29.1 Å². The second-order valence-corrected chi connectivity index (χ2v) is 9.21. The Morgan fingerprint density at radius 1 is 1.09 bits per heavy atom. The molecule has 2 aromatic rings. The minimum atomic E-state index is -4.74. The van der Waals surface area contributed by atoms with Crippen LogP contribution in [0.2, 0.25) is 0 Å². The molecule has 0 aliphatic carbocycles. The molecule has 176 valence electrons. The van der Waals surface area contributed by atoms with E-state index in [1.807, 2.05) is 0 Å². The first-order chi connectivity index (χ1) is 15.5. The molecule has 2 heterocycles. The standard InChI is InChI=1S/C18H19N5O8S2/c19-18(28)22-14(12-2-1-7-32-12)16(26)21-13(9-3-5-10(24)6-4-9)15(25)20-11-8-23(17(11)27)33(29,30)31/h1-7,11,13-14,24H,8H2,(H,20,25)(H,21,26)(H3,19,22,28)(H,29,30,31). The first-order valence-electron chi connectivity index (χ1n) is 9.25. The number of urea groups is 1. The highest BCUT2D eigenvalue weighted by Crippen LogP contribution is 2.23. The number of β-lactam (4-membered cyclic amide) rings is 1. The predicted octanol–water partition coefficient (Wildman–Crippen LogP) is -0.850. The maximum Gasteiger partial charge on any atom is 0.362 e. The lowest BCUT2D eigenvalue weighted by Crippen LogP contribution is -2.66. The highest BCUT2D eigenvalue weighted by atomic mass is 32.2. The third-order valence-electron chi connectivity index (χ3n) is 4.64. The number of nitrogens with one attached hydrogen (secondary N) is 3. The van der Waals surface area contributed by atoms with E-state index in [1.165, 1.54) is 35.6 Å². The smallest absolute Gasteiger partial charge is 0.362 e. The minimum Gasteiger partial charge on any atom is -0.508 e. The zero-order chi connectivity index (χ0) is 24.3. The molecule has 3 rings (SSSR count). The molecule has 1 saturated heterocycles. The summed E-state index contributed by atoms with van der Waals surface area (Å²) in [5.74, 6) is -2.81.